The lowest BCUT2D eigenvalue weighted by Crippen LogP contribution is -2.40. The summed E-state index contributed by atoms with van der Waals surface area (Å²) in [6, 6.07) is 10.0. The van der Waals surface area contributed by atoms with Gasteiger partial charge in [-0.15, -0.1) is 0 Å². The van der Waals surface area contributed by atoms with Crippen LogP contribution in [-0.2, 0) is 20.9 Å². The fraction of sp³-hybridized carbons (Fsp3) is 0.500. The topological polar surface area (TPSA) is 109 Å². The molecule has 2 atom stereocenters. The van der Waals surface area contributed by atoms with Crippen molar-refractivity contribution in [3.8, 4) is 6.07 Å². The molecule has 0 spiro atoms. The van der Waals surface area contributed by atoms with Crippen LogP contribution in [0.3, 0.4) is 0 Å². The molecule has 0 saturated heterocycles. The van der Waals surface area contributed by atoms with Crippen LogP contribution >= 0.6 is 0 Å². The minimum absolute atomic E-state index is 0.0760. The summed E-state index contributed by atoms with van der Waals surface area (Å²) in [5.74, 6) is -0.536. The summed E-state index contributed by atoms with van der Waals surface area (Å²) in [6.07, 6.45) is -2.31. The van der Waals surface area contributed by atoms with Gasteiger partial charge in [0.2, 0.25) is 0 Å². The van der Waals surface area contributed by atoms with Crippen molar-refractivity contribution in [2.45, 2.75) is 58.0 Å². The highest BCUT2D eigenvalue weighted by atomic mass is 16.6. The number of nitrogens with one attached hydrogen (secondary N) is 1. The van der Waals surface area contributed by atoms with Crippen molar-refractivity contribution in [1.29, 1.82) is 5.26 Å². The quantitative estimate of drug-likeness (QED) is 0.578. The van der Waals surface area contributed by atoms with Crippen LogP contribution in [0.5, 0.6) is 0 Å². The molecular weight excluding hydrogens is 324 g/mol. The number of amides is 1. The Morgan fingerprint density at radius 1 is 1.28 bits per heavy atom. The average molecular weight is 348 g/mol. The Morgan fingerprint density at radius 2 is 1.92 bits per heavy atom. The van der Waals surface area contributed by atoms with E-state index in [9.17, 15) is 14.7 Å². The molecule has 0 unspecified atom stereocenters. The molecule has 7 heteroatoms. The molecule has 0 aliphatic carbocycles. The summed E-state index contributed by atoms with van der Waals surface area (Å²) in [7, 11) is 0. The number of hydrogen-bond donors (Lipinski definition) is 2. The number of carbonyl (C=O) groups excluding carboxylic acids is 2. The number of rotatable bonds is 7. The molecule has 1 aromatic rings. The van der Waals surface area contributed by atoms with E-state index >= 15 is 0 Å². The summed E-state index contributed by atoms with van der Waals surface area (Å²) in [5, 5.41) is 20.7. The first-order valence-corrected chi connectivity index (χ1v) is 7.96. The Bertz CT molecular complexity index is 604. The number of ether oxygens (including phenoxy) is 2. The second-order valence-corrected chi connectivity index (χ2v) is 6.57. The smallest absolute Gasteiger partial charge is 0.407 e. The third-order valence-corrected chi connectivity index (χ3v) is 3.02. The molecule has 0 aliphatic rings. The van der Waals surface area contributed by atoms with Crippen molar-refractivity contribution in [2.24, 2.45) is 0 Å². The number of aliphatic hydroxyl groups excluding tert-OH is 1. The molecule has 0 radical (unpaired) electrons. The summed E-state index contributed by atoms with van der Waals surface area (Å²) >= 11 is 0. The van der Waals surface area contributed by atoms with Gasteiger partial charge in [-0.1, -0.05) is 30.3 Å². The predicted octanol–water partition coefficient (Wildman–Crippen LogP) is 2.29. The number of alkyl carbamates (subject to hydrolysis) is 1. The van der Waals surface area contributed by atoms with Gasteiger partial charge in [0.15, 0.2) is 0 Å². The van der Waals surface area contributed by atoms with Crippen LogP contribution < -0.4 is 5.32 Å². The van der Waals surface area contributed by atoms with Gasteiger partial charge in [0.1, 0.15) is 18.3 Å². The molecule has 25 heavy (non-hydrogen) atoms. The molecule has 2 N–H and O–H groups in total. The lowest BCUT2D eigenvalue weighted by Gasteiger charge is -2.23. The van der Waals surface area contributed by atoms with E-state index in [0.29, 0.717) is 0 Å². The van der Waals surface area contributed by atoms with E-state index in [0.717, 1.165) is 5.56 Å². The largest absolute Gasteiger partial charge is 0.460 e. The number of nitriles is 1. The highest BCUT2D eigenvalue weighted by molar-refractivity contribution is 5.73. The van der Waals surface area contributed by atoms with Crippen LogP contribution in [0.15, 0.2) is 30.3 Å². The zero-order valence-corrected chi connectivity index (χ0v) is 14.7. The molecule has 0 saturated carbocycles. The van der Waals surface area contributed by atoms with Crippen molar-refractivity contribution in [3.05, 3.63) is 35.9 Å². The van der Waals surface area contributed by atoms with E-state index in [1.54, 1.807) is 26.8 Å². The first-order valence-electron chi connectivity index (χ1n) is 7.96. The number of carbonyl (C=O) groups is 2. The average Bonchev–Trinajstić information content (AvgIpc) is 2.51. The van der Waals surface area contributed by atoms with Crippen molar-refractivity contribution in [2.75, 3.05) is 0 Å². The SMILES string of the molecule is CC(C)(C)OC(=O)C[C@@H](C[C@@H](O)C#N)NC(=O)OCc1ccccc1. The van der Waals surface area contributed by atoms with Gasteiger partial charge in [-0.2, -0.15) is 5.26 Å². The van der Waals surface area contributed by atoms with Crippen LogP contribution in [0.25, 0.3) is 0 Å². The maximum absolute atomic E-state index is 11.9. The predicted molar refractivity (Wildman–Crippen MR) is 90.2 cm³/mol. The second-order valence-electron chi connectivity index (χ2n) is 6.57. The molecule has 0 aliphatic heterocycles. The van der Waals surface area contributed by atoms with Crippen molar-refractivity contribution in [3.63, 3.8) is 0 Å². The lowest BCUT2D eigenvalue weighted by molar-refractivity contribution is -0.155. The molecule has 1 amide bonds. The van der Waals surface area contributed by atoms with E-state index in [-0.39, 0.29) is 19.4 Å². The fourth-order valence-electron chi connectivity index (χ4n) is 2.03. The van der Waals surface area contributed by atoms with Gasteiger partial charge in [-0.25, -0.2) is 4.79 Å². The van der Waals surface area contributed by atoms with Crippen molar-refractivity contribution < 1.29 is 24.2 Å². The van der Waals surface area contributed by atoms with Gasteiger partial charge in [0.05, 0.1) is 12.5 Å². The second kappa shape index (κ2) is 9.64. The molecule has 1 aromatic carbocycles. The van der Waals surface area contributed by atoms with E-state index < -0.39 is 29.8 Å². The maximum atomic E-state index is 11.9. The monoisotopic (exact) mass is 348 g/mol. The van der Waals surface area contributed by atoms with Crippen LogP contribution in [0.1, 0.15) is 39.2 Å². The number of nitrogens with zero attached hydrogens (tertiary/aromatic N) is 1. The first-order chi connectivity index (χ1) is 11.7. The van der Waals surface area contributed by atoms with Gasteiger partial charge in [0, 0.05) is 12.5 Å². The van der Waals surface area contributed by atoms with Crippen molar-refractivity contribution in [1.82, 2.24) is 5.32 Å². The Balaban J connectivity index is 2.58. The molecule has 1 rings (SSSR count). The third kappa shape index (κ3) is 9.33. The number of hydrogen-bond acceptors (Lipinski definition) is 6. The number of aliphatic hydroxyl groups is 1. The normalized spacial score (nSPS) is 13.2. The van der Waals surface area contributed by atoms with Gasteiger partial charge >= 0.3 is 12.1 Å². The van der Waals surface area contributed by atoms with E-state index in [4.69, 9.17) is 14.7 Å². The van der Waals surface area contributed by atoms with E-state index in [1.165, 1.54) is 0 Å². The lowest BCUT2D eigenvalue weighted by atomic mass is 10.1. The zero-order valence-electron chi connectivity index (χ0n) is 14.7. The fourth-order valence-corrected chi connectivity index (χ4v) is 2.03. The summed E-state index contributed by atoms with van der Waals surface area (Å²) in [4.78, 5) is 23.8. The Hall–Kier alpha value is -2.59. The first kappa shape index (κ1) is 20.5. The maximum Gasteiger partial charge on any atom is 0.407 e. The molecule has 0 heterocycles. The minimum Gasteiger partial charge on any atom is -0.460 e. The standard InChI is InChI=1S/C18H24N2O5/c1-18(2,3)25-16(22)10-14(9-15(21)11-19)20-17(23)24-12-13-7-5-4-6-8-13/h4-8,14-15,21H,9-10,12H2,1-3H3,(H,20,23)/t14-,15-/m1/s1. The molecular formula is C18H24N2O5. The molecule has 0 bridgehead atoms. The Kier molecular flexibility index (Phi) is 7.89. The zero-order chi connectivity index (χ0) is 18.9. The number of benzene rings is 1. The third-order valence-electron chi connectivity index (χ3n) is 3.02. The van der Waals surface area contributed by atoms with Crippen LogP contribution in [0.4, 0.5) is 4.79 Å². The highest BCUT2D eigenvalue weighted by Crippen LogP contribution is 2.12. The Morgan fingerprint density at radius 3 is 2.48 bits per heavy atom. The van der Waals surface area contributed by atoms with E-state index in [2.05, 4.69) is 5.32 Å². The summed E-state index contributed by atoms with van der Waals surface area (Å²) < 4.78 is 10.3. The van der Waals surface area contributed by atoms with Crippen LogP contribution in [0.2, 0.25) is 0 Å². The minimum atomic E-state index is -1.30. The van der Waals surface area contributed by atoms with Crippen LogP contribution in [-0.4, -0.2) is 34.9 Å². The van der Waals surface area contributed by atoms with Gasteiger partial charge in [-0.05, 0) is 26.3 Å². The van der Waals surface area contributed by atoms with Gasteiger partial charge in [-0.3, -0.25) is 4.79 Å². The molecule has 0 fully saturated rings. The molecule has 0 aromatic heterocycles. The van der Waals surface area contributed by atoms with Gasteiger partial charge < -0.3 is 19.9 Å². The van der Waals surface area contributed by atoms with Crippen LogP contribution in [0, 0.1) is 11.3 Å². The summed E-state index contributed by atoms with van der Waals surface area (Å²) in [6.45, 7) is 5.26. The highest BCUT2D eigenvalue weighted by Gasteiger charge is 2.24. The van der Waals surface area contributed by atoms with Gasteiger partial charge in [0.25, 0.3) is 0 Å². The van der Waals surface area contributed by atoms with E-state index in [1.807, 2.05) is 30.3 Å². The molecule has 7 nitrogen and oxygen atoms in total. The Labute approximate surface area is 147 Å². The molecule has 136 valence electrons. The van der Waals surface area contributed by atoms with Crippen molar-refractivity contribution >= 4 is 12.1 Å². The number of esters is 1. The summed E-state index contributed by atoms with van der Waals surface area (Å²) in [5.41, 5.74) is 0.155.